The van der Waals surface area contributed by atoms with Gasteiger partial charge < -0.3 is 33.5 Å². The first kappa shape index (κ1) is 87.0. The molecule has 23 rings (SSSR count). The van der Waals surface area contributed by atoms with Crippen LogP contribution in [-0.4, -0.2) is 0 Å². The van der Waals surface area contributed by atoms with Gasteiger partial charge in [-0.15, -0.1) is 0 Å². The number of furan rings is 1. The molecule has 0 N–H and O–H groups in total. The number of nitrogens with zero attached hydrogens (tertiary/aromatic N) is 4. The predicted octanol–water partition coefficient (Wildman–Crippen LogP) is 35.5. The van der Waals surface area contributed by atoms with Gasteiger partial charge in [0.05, 0.1) is 10.8 Å². The zero-order valence-corrected chi connectivity index (χ0v) is 75.3. The summed E-state index contributed by atoms with van der Waals surface area (Å²) in [5, 5.41) is 1.71. The summed E-state index contributed by atoms with van der Waals surface area (Å²) in [5.74, 6) is -2.14. The number of anilines is 12. The highest BCUT2D eigenvalue weighted by Gasteiger charge is 2.49. The van der Waals surface area contributed by atoms with Gasteiger partial charge in [0, 0.05) is 103 Å². The Hall–Kier alpha value is -18.1. The first-order valence-electron chi connectivity index (χ1n) is 46.0. The van der Waals surface area contributed by atoms with E-state index in [0.717, 1.165) is 146 Å². The Bertz CT molecular complexity index is 7850. The Morgan fingerprint density at radius 1 is 0.206 bits per heavy atom. The topological polar surface area (TPSA) is 44.6 Å². The molecular formula is C126H80F8N4O3. The monoisotopic (exact) mass is 1850 g/mol. The highest BCUT2D eigenvalue weighted by Crippen LogP contribution is 2.61. The SMILES string of the molecule is C=Cc1ccc(Oc2ccc(C3(c4cc(F)cc(F)c4)c4ccccc4-c4ccc(N(c5ccc(F)cc5)c5ccc(-c6ccc(N(c7ccc(F)cc7)c7ccc8c(c7)oc7cc(N(c9ccc(F)cc9)c9ccc(-c%10ccc(N(c%11ccc(F)cc%11)c%11ccc%12c(c%11)C(c%11ccc(Oc%13ccc(C=C)cc%13)cc%11)(c%11cc(F)cc(F)c%11)c%11ccccc%11-%12)cc%10)cc9)ccc78)cc6)cc5)cc43)cc2)cc1. The van der Waals surface area contributed by atoms with Crippen molar-refractivity contribution >= 4 is 102 Å². The number of ether oxygens (including phenoxy) is 2. The zero-order chi connectivity index (χ0) is 95.7. The van der Waals surface area contributed by atoms with Crippen molar-refractivity contribution in [1.29, 1.82) is 0 Å². The maximum absolute atomic E-state index is 16.0. The Labute approximate surface area is 808 Å². The molecule has 141 heavy (non-hydrogen) atoms. The molecule has 1 aromatic heterocycles. The lowest BCUT2D eigenvalue weighted by atomic mass is 9.67. The first-order valence-corrected chi connectivity index (χ1v) is 46.0. The second-order valence-electron chi connectivity index (χ2n) is 35.1. The average Bonchev–Trinajstić information content (AvgIpc) is 1.54. The molecule has 20 aromatic carbocycles. The molecule has 0 spiro atoms. The van der Waals surface area contributed by atoms with Crippen LogP contribution in [0.5, 0.6) is 23.0 Å². The maximum Gasteiger partial charge on any atom is 0.137 e. The highest BCUT2D eigenvalue weighted by atomic mass is 19.2. The molecule has 2 atom stereocenters. The molecule has 21 aromatic rings. The molecule has 678 valence electrons. The van der Waals surface area contributed by atoms with Crippen molar-refractivity contribution in [1.82, 2.24) is 0 Å². The van der Waals surface area contributed by atoms with Gasteiger partial charge in [-0.1, -0.05) is 183 Å². The Morgan fingerprint density at radius 2 is 0.447 bits per heavy atom. The number of benzene rings is 20. The molecule has 15 heteroatoms. The molecule has 7 nitrogen and oxygen atoms in total. The van der Waals surface area contributed by atoms with Gasteiger partial charge >= 0.3 is 0 Å². The van der Waals surface area contributed by atoms with E-state index in [1.807, 2.05) is 323 Å². The van der Waals surface area contributed by atoms with Gasteiger partial charge in [-0.3, -0.25) is 0 Å². The molecule has 0 bridgehead atoms. The third kappa shape index (κ3) is 15.9. The van der Waals surface area contributed by atoms with Gasteiger partial charge in [0.25, 0.3) is 0 Å². The van der Waals surface area contributed by atoms with E-state index in [4.69, 9.17) is 13.9 Å². The van der Waals surface area contributed by atoms with Crippen molar-refractivity contribution < 1.29 is 49.0 Å². The molecule has 2 aliphatic rings. The smallest absolute Gasteiger partial charge is 0.137 e. The minimum Gasteiger partial charge on any atom is -0.457 e. The van der Waals surface area contributed by atoms with Crippen molar-refractivity contribution in [3.8, 4) is 67.5 Å². The van der Waals surface area contributed by atoms with Gasteiger partial charge in [-0.05, 0) is 367 Å². The molecule has 0 radical (unpaired) electrons. The van der Waals surface area contributed by atoms with E-state index in [9.17, 15) is 8.78 Å². The molecule has 1 heterocycles. The summed E-state index contributed by atoms with van der Waals surface area (Å²) in [7, 11) is 0. The van der Waals surface area contributed by atoms with Crippen molar-refractivity contribution in [2.75, 3.05) is 19.6 Å². The van der Waals surface area contributed by atoms with Crippen LogP contribution in [0.4, 0.5) is 103 Å². The van der Waals surface area contributed by atoms with E-state index in [0.29, 0.717) is 79.4 Å². The lowest BCUT2D eigenvalue weighted by Crippen LogP contribution is -2.29. The minimum atomic E-state index is -1.25. The van der Waals surface area contributed by atoms with Crippen molar-refractivity contribution in [2.24, 2.45) is 0 Å². The fourth-order valence-corrected chi connectivity index (χ4v) is 20.5. The van der Waals surface area contributed by atoms with Crippen LogP contribution in [0, 0.1) is 46.5 Å². The summed E-state index contributed by atoms with van der Waals surface area (Å²) in [6.07, 6.45) is 3.52. The largest absolute Gasteiger partial charge is 0.457 e. The van der Waals surface area contributed by atoms with Gasteiger partial charge in [0.15, 0.2) is 0 Å². The van der Waals surface area contributed by atoms with Crippen molar-refractivity contribution in [2.45, 2.75) is 10.8 Å². The van der Waals surface area contributed by atoms with Crippen LogP contribution in [0.25, 0.3) is 78.6 Å². The highest BCUT2D eigenvalue weighted by molar-refractivity contribution is 6.08. The minimum absolute atomic E-state index is 0.387. The quantitative estimate of drug-likeness (QED) is 0.0559. The third-order valence-corrected chi connectivity index (χ3v) is 26.9. The van der Waals surface area contributed by atoms with E-state index in [-0.39, 0.29) is 0 Å². The average molecular weight is 1850 g/mol. The number of hydrogen-bond donors (Lipinski definition) is 0. The van der Waals surface area contributed by atoms with E-state index in [1.54, 1.807) is 60.7 Å². The number of hydrogen-bond acceptors (Lipinski definition) is 7. The van der Waals surface area contributed by atoms with Crippen LogP contribution in [-0.2, 0) is 10.8 Å². The predicted molar refractivity (Wildman–Crippen MR) is 551 cm³/mol. The molecule has 0 saturated carbocycles. The van der Waals surface area contributed by atoms with Crippen LogP contribution in [0.15, 0.2) is 466 Å². The molecular weight excluding hydrogens is 1770 g/mol. The van der Waals surface area contributed by atoms with Gasteiger partial charge in [-0.25, -0.2) is 35.1 Å². The fraction of sp³-hybridized carbons (Fsp3) is 0.0159. The number of rotatable bonds is 24. The van der Waals surface area contributed by atoms with E-state index < -0.39 is 57.4 Å². The summed E-state index contributed by atoms with van der Waals surface area (Å²) >= 11 is 0. The third-order valence-electron chi connectivity index (χ3n) is 26.9. The summed E-state index contributed by atoms with van der Waals surface area (Å²) in [6.45, 7) is 7.74. The summed E-state index contributed by atoms with van der Waals surface area (Å²) in [6, 6.07) is 135. The maximum atomic E-state index is 16.0. The Kier molecular flexibility index (Phi) is 22.1. The van der Waals surface area contributed by atoms with Crippen LogP contribution in [0.2, 0.25) is 0 Å². The molecule has 0 saturated heterocycles. The lowest BCUT2D eigenvalue weighted by Gasteiger charge is -2.35. The van der Waals surface area contributed by atoms with E-state index in [2.05, 4.69) is 25.3 Å². The number of halogens is 8. The molecule has 2 aliphatic carbocycles. The molecule has 2 unspecified atom stereocenters. The summed E-state index contributed by atoms with van der Waals surface area (Å²) in [4.78, 5) is 8.15. The molecule has 0 aliphatic heterocycles. The normalized spacial score (nSPS) is 13.8. The second kappa shape index (κ2) is 35.9. The summed E-state index contributed by atoms with van der Waals surface area (Å²) < 4.78 is 144. The van der Waals surface area contributed by atoms with Gasteiger partial charge in [0.1, 0.15) is 80.7 Å². The second-order valence-corrected chi connectivity index (χ2v) is 35.1. The lowest BCUT2D eigenvalue weighted by molar-refractivity contribution is 0.482. The van der Waals surface area contributed by atoms with E-state index >= 15 is 26.3 Å². The van der Waals surface area contributed by atoms with Gasteiger partial charge in [0.2, 0.25) is 0 Å². The molecule has 0 amide bonds. The van der Waals surface area contributed by atoms with Crippen molar-refractivity contribution in [3.63, 3.8) is 0 Å². The van der Waals surface area contributed by atoms with E-state index in [1.165, 1.54) is 72.8 Å². The van der Waals surface area contributed by atoms with Crippen LogP contribution < -0.4 is 29.1 Å². The number of fused-ring (bicyclic) bond motifs is 9. The van der Waals surface area contributed by atoms with Crippen LogP contribution >= 0.6 is 0 Å². The molecule has 0 fully saturated rings. The first-order chi connectivity index (χ1) is 68.9. The van der Waals surface area contributed by atoms with Crippen LogP contribution in [0.3, 0.4) is 0 Å². The Morgan fingerprint density at radius 3 is 0.730 bits per heavy atom. The standard InChI is InChI=1S/C126H80F8N4O3/c1-3-79-13-57-109(58-14-79)139-111-61-25-85(26-62-111)125(87-69-93(131)73-94(132)70-87)119-11-7-5-9-113(119)115-65-53-105(75-121(115)125)135(101-45-29-89(127)30-46-101)97-37-17-81(18-38-97)83-21-41-99(42-22-83)137(103-49-33-91(129)34-50-103)107-55-67-117-118-68-56-108(78-124(118)141-123(117)77-107)138(104-51-35-92(130)36-52-104)100-43-23-84(24-44-100)82-19-39-98(40-20-82)136(102-47-31-90(128)32-48-102)106-54-66-116-114-10-6-8-12-120(114)126(122(116)76-106,88-71-95(133)74-96(134)72-88)86-27-63-112(64-28-86)140-110-59-15-80(4-2)16-60-110/h3-78H,1-2H2. The zero-order valence-electron chi connectivity index (χ0n) is 75.3. The summed E-state index contributed by atoms with van der Waals surface area (Å²) in [5.41, 5.74) is 21.7. The van der Waals surface area contributed by atoms with Crippen molar-refractivity contribution in [3.05, 3.63) is 564 Å². The van der Waals surface area contributed by atoms with Gasteiger partial charge in [-0.2, -0.15) is 0 Å². The van der Waals surface area contributed by atoms with Crippen LogP contribution in [0.1, 0.15) is 55.6 Å². The Balaban J connectivity index is 0.538. The fourth-order valence-electron chi connectivity index (χ4n) is 20.5.